The number of aryl methyl sites for hydroxylation is 1. The van der Waals surface area contributed by atoms with Crippen LogP contribution in [-0.2, 0) is 27.4 Å². The van der Waals surface area contributed by atoms with Crippen molar-refractivity contribution in [2.45, 2.75) is 50.1 Å². The summed E-state index contributed by atoms with van der Waals surface area (Å²) in [5, 5.41) is 2.30. The standard InChI is InChI=1S/C25H25Cl2NO3S.C19H21Cl2N/c1-18-7-10-22(11-8-18)32(29,30)31-17-21-15-28(14-19-5-3-2-4-6-19)16-23(21)20-9-12-24(26)25(27)13-20;1-2-15-12-22(11-14-6-4-3-5-7-14)13-17(15)16-8-9-18(20)19(21)10-16/h2-13,21,23H,14-17H2,1H3;3-10,15,17H,2,11-13H2,1H3/t21-,23-;15-,17-/m01/s1. The Morgan fingerprint density at radius 2 is 1.06 bits per heavy atom. The lowest BCUT2D eigenvalue weighted by Crippen LogP contribution is -2.22. The van der Waals surface area contributed by atoms with Crippen molar-refractivity contribution in [3.8, 4) is 0 Å². The van der Waals surface area contributed by atoms with Crippen LogP contribution in [-0.4, -0.2) is 51.0 Å². The summed E-state index contributed by atoms with van der Waals surface area (Å²) in [7, 11) is -3.83. The maximum Gasteiger partial charge on any atom is 0.296 e. The second kappa shape index (κ2) is 18.8. The first-order valence-corrected chi connectivity index (χ1v) is 21.3. The third kappa shape index (κ3) is 10.7. The van der Waals surface area contributed by atoms with Crippen molar-refractivity contribution in [1.82, 2.24) is 9.80 Å². The molecule has 0 radical (unpaired) electrons. The number of benzene rings is 5. The number of hydrogen-bond acceptors (Lipinski definition) is 5. The van der Waals surface area contributed by atoms with Gasteiger partial charge in [-0.2, -0.15) is 8.42 Å². The molecule has 0 bridgehead atoms. The zero-order valence-electron chi connectivity index (χ0n) is 30.6. The lowest BCUT2D eigenvalue weighted by molar-refractivity contribution is 0.237. The Balaban J connectivity index is 0.000000197. The molecule has 5 aromatic rings. The van der Waals surface area contributed by atoms with E-state index in [1.807, 2.05) is 49.4 Å². The molecule has 10 heteroatoms. The molecule has 4 atom stereocenters. The van der Waals surface area contributed by atoms with E-state index in [-0.39, 0.29) is 23.3 Å². The van der Waals surface area contributed by atoms with Crippen LogP contribution in [0.15, 0.2) is 126 Å². The van der Waals surface area contributed by atoms with Gasteiger partial charge in [0.2, 0.25) is 0 Å². The van der Waals surface area contributed by atoms with E-state index < -0.39 is 10.1 Å². The molecule has 2 fully saturated rings. The molecule has 5 nitrogen and oxygen atoms in total. The minimum atomic E-state index is -3.83. The molecule has 0 aliphatic carbocycles. The molecule has 0 amide bonds. The monoisotopic (exact) mass is 822 g/mol. The van der Waals surface area contributed by atoms with Gasteiger partial charge in [-0.15, -0.1) is 0 Å². The number of hydrogen-bond donors (Lipinski definition) is 0. The Hall–Kier alpha value is -2.91. The molecular formula is C44H46Cl4N2O3S. The van der Waals surface area contributed by atoms with Crippen LogP contribution in [0.5, 0.6) is 0 Å². The highest BCUT2D eigenvalue weighted by atomic mass is 35.5. The van der Waals surface area contributed by atoms with Crippen molar-refractivity contribution in [1.29, 1.82) is 0 Å². The molecule has 2 heterocycles. The van der Waals surface area contributed by atoms with Gasteiger partial charge in [-0.1, -0.05) is 150 Å². The minimum Gasteiger partial charge on any atom is -0.298 e. The largest absolute Gasteiger partial charge is 0.298 e. The number of rotatable bonds is 11. The maximum absolute atomic E-state index is 12.7. The zero-order valence-corrected chi connectivity index (χ0v) is 34.4. The summed E-state index contributed by atoms with van der Waals surface area (Å²) in [4.78, 5) is 5.06. The summed E-state index contributed by atoms with van der Waals surface area (Å²) in [5.41, 5.74) is 5.95. The molecule has 0 saturated carbocycles. The first-order chi connectivity index (χ1) is 26.0. The quantitative estimate of drug-likeness (QED) is 0.124. The van der Waals surface area contributed by atoms with Gasteiger partial charge in [0.25, 0.3) is 10.1 Å². The summed E-state index contributed by atoms with van der Waals surface area (Å²) < 4.78 is 31.0. The fourth-order valence-corrected chi connectivity index (χ4v) is 9.21. The number of nitrogens with zero attached hydrogens (tertiary/aromatic N) is 2. The molecule has 0 unspecified atom stereocenters. The predicted octanol–water partition coefficient (Wildman–Crippen LogP) is 11.5. The third-order valence-electron chi connectivity index (χ3n) is 10.5. The number of likely N-dealkylation sites (tertiary alicyclic amines) is 2. The van der Waals surface area contributed by atoms with Gasteiger partial charge < -0.3 is 0 Å². The Kier molecular flexibility index (Phi) is 14.2. The average Bonchev–Trinajstić information content (AvgIpc) is 3.78. The lowest BCUT2D eigenvalue weighted by Gasteiger charge is -2.19. The normalized spacial score (nSPS) is 20.5. The van der Waals surface area contributed by atoms with Crippen molar-refractivity contribution in [3.63, 3.8) is 0 Å². The van der Waals surface area contributed by atoms with Crippen molar-refractivity contribution < 1.29 is 12.6 Å². The third-order valence-corrected chi connectivity index (χ3v) is 13.3. The first kappa shape index (κ1) is 40.7. The molecule has 7 rings (SSSR count). The molecule has 284 valence electrons. The molecule has 0 spiro atoms. The topological polar surface area (TPSA) is 49.9 Å². The molecule has 2 aliphatic heterocycles. The summed E-state index contributed by atoms with van der Waals surface area (Å²) in [6, 6.07) is 39.4. The maximum atomic E-state index is 12.7. The smallest absolute Gasteiger partial charge is 0.296 e. The molecule has 2 saturated heterocycles. The average molecular weight is 825 g/mol. The summed E-state index contributed by atoms with van der Waals surface area (Å²) in [5.74, 6) is 1.31. The van der Waals surface area contributed by atoms with Crippen LogP contribution in [0.1, 0.15) is 53.0 Å². The van der Waals surface area contributed by atoms with Crippen molar-refractivity contribution in [3.05, 3.63) is 169 Å². The second-order valence-corrected chi connectivity index (χ2v) is 17.6. The molecule has 5 aromatic carbocycles. The van der Waals surface area contributed by atoms with E-state index in [1.165, 1.54) is 23.1 Å². The Labute approximate surface area is 340 Å². The van der Waals surface area contributed by atoms with E-state index in [1.54, 1.807) is 30.3 Å². The molecule has 0 N–H and O–H groups in total. The van der Waals surface area contributed by atoms with Crippen LogP contribution in [0.4, 0.5) is 0 Å². The molecule has 0 aromatic heterocycles. The lowest BCUT2D eigenvalue weighted by atomic mass is 9.87. The summed E-state index contributed by atoms with van der Waals surface area (Å²) >= 11 is 24.6. The molecular weight excluding hydrogens is 778 g/mol. The highest BCUT2D eigenvalue weighted by molar-refractivity contribution is 7.86. The van der Waals surface area contributed by atoms with Crippen molar-refractivity contribution in [2.24, 2.45) is 11.8 Å². The van der Waals surface area contributed by atoms with Gasteiger partial charge in [-0.3, -0.25) is 14.0 Å². The minimum absolute atomic E-state index is 0.00354. The van der Waals surface area contributed by atoms with Crippen molar-refractivity contribution in [2.75, 3.05) is 32.8 Å². The fourth-order valence-electron chi connectivity index (χ4n) is 7.64. The first-order valence-electron chi connectivity index (χ1n) is 18.4. The van der Waals surface area contributed by atoms with E-state index in [4.69, 9.17) is 50.6 Å². The van der Waals surface area contributed by atoms with Crippen LogP contribution in [0.25, 0.3) is 0 Å². The summed E-state index contributed by atoms with van der Waals surface area (Å²) in [6.45, 7) is 9.86. The predicted molar refractivity (Wildman–Crippen MR) is 223 cm³/mol. The fraction of sp³-hybridized carbons (Fsp3) is 0.318. The summed E-state index contributed by atoms with van der Waals surface area (Å²) in [6.07, 6.45) is 1.19. The highest BCUT2D eigenvalue weighted by Crippen LogP contribution is 2.39. The van der Waals surface area contributed by atoms with Gasteiger partial charge >= 0.3 is 0 Å². The van der Waals surface area contributed by atoms with Gasteiger partial charge in [0.05, 0.1) is 31.6 Å². The van der Waals surface area contributed by atoms with E-state index in [9.17, 15) is 8.42 Å². The van der Waals surface area contributed by atoms with E-state index in [2.05, 4.69) is 65.3 Å². The Bertz CT molecular complexity index is 2090. The van der Waals surface area contributed by atoms with Crippen LogP contribution < -0.4 is 0 Å². The van der Waals surface area contributed by atoms with Crippen LogP contribution in [0, 0.1) is 18.8 Å². The Morgan fingerprint density at radius 1 is 0.593 bits per heavy atom. The molecule has 2 aliphatic rings. The van der Waals surface area contributed by atoms with Gasteiger partial charge in [0.15, 0.2) is 0 Å². The van der Waals surface area contributed by atoms with Crippen LogP contribution in [0.2, 0.25) is 20.1 Å². The molecule has 54 heavy (non-hydrogen) atoms. The second-order valence-electron chi connectivity index (χ2n) is 14.4. The van der Waals surface area contributed by atoms with Gasteiger partial charge in [-0.25, -0.2) is 0 Å². The van der Waals surface area contributed by atoms with Gasteiger partial charge in [0, 0.05) is 57.0 Å². The van der Waals surface area contributed by atoms with Crippen LogP contribution in [0.3, 0.4) is 0 Å². The van der Waals surface area contributed by atoms with E-state index in [0.717, 1.165) is 50.4 Å². The SMILES string of the molecule is CC[C@@H]1CN(Cc2ccccc2)C[C@H]1c1ccc(Cl)c(Cl)c1.Cc1ccc(S(=O)(=O)OC[C@@H]2CN(Cc3ccccc3)C[C@H]2c2ccc(Cl)c(Cl)c2)cc1. The number of halogens is 4. The Morgan fingerprint density at radius 3 is 1.52 bits per heavy atom. The zero-order chi connectivity index (χ0) is 38.2. The van der Waals surface area contributed by atoms with Gasteiger partial charge in [0.1, 0.15) is 0 Å². The van der Waals surface area contributed by atoms with E-state index in [0.29, 0.717) is 31.9 Å². The van der Waals surface area contributed by atoms with Gasteiger partial charge in [-0.05, 0) is 71.5 Å². The highest BCUT2D eigenvalue weighted by Gasteiger charge is 2.36. The van der Waals surface area contributed by atoms with E-state index >= 15 is 0 Å². The van der Waals surface area contributed by atoms with Crippen LogP contribution >= 0.6 is 46.4 Å². The van der Waals surface area contributed by atoms with Crippen molar-refractivity contribution >= 4 is 56.5 Å².